The minimum Gasteiger partial charge on any atom is -0.506 e. The van der Waals surface area contributed by atoms with Crippen LogP contribution in [0.3, 0.4) is 0 Å². The minimum atomic E-state index is -0.627. The molecule has 5 heteroatoms. The van der Waals surface area contributed by atoms with Gasteiger partial charge in [0, 0.05) is 0 Å². The van der Waals surface area contributed by atoms with Crippen molar-refractivity contribution in [2.75, 3.05) is 0 Å². The van der Waals surface area contributed by atoms with Crippen molar-refractivity contribution in [2.45, 2.75) is 0 Å². The van der Waals surface area contributed by atoms with Crippen molar-refractivity contribution < 1.29 is 24.6 Å². The zero-order chi connectivity index (χ0) is 10.7. The van der Waals surface area contributed by atoms with E-state index in [0.717, 1.165) is 6.07 Å². The summed E-state index contributed by atoms with van der Waals surface area (Å²) in [6.07, 6.45) is 0.744. The molecule has 14 heavy (non-hydrogen) atoms. The van der Waals surface area contributed by atoms with Gasteiger partial charge in [0.2, 0.25) is 0 Å². The first-order valence-corrected chi connectivity index (χ1v) is 3.60. The third kappa shape index (κ3) is 1.35. The molecule has 0 heterocycles. The van der Waals surface area contributed by atoms with Gasteiger partial charge < -0.3 is 10.2 Å². The molecule has 5 nitrogen and oxygen atoms in total. The summed E-state index contributed by atoms with van der Waals surface area (Å²) < 4.78 is 0. The molecule has 0 saturated carbocycles. The molecule has 0 spiro atoms. The van der Waals surface area contributed by atoms with Crippen molar-refractivity contribution in [3.8, 4) is 11.5 Å². The zero-order valence-corrected chi connectivity index (χ0v) is 6.93. The largest absolute Gasteiger partial charge is 0.506 e. The normalized spacial score (nSPS) is 9.43. The highest BCUT2D eigenvalue weighted by molar-refractivity contribution is 5.96. The lowest BCUT2D eigenvalue weighted by Gasteiger charge is -2.05. The van der Waals surface area contributed by atoms with Gasteiger partial charge in [-0.05, 0) is 6.07 Å². The van der Waals surface area contributed by atoms with Gasteiger partial charge in [0.05, 0.1) is 16.7 Å². The number of benzene rings is 1. The molecule has 1 aromatic rings. The van der Waals surface area contributed by atoms with E-state index in [1.54, 1.807) is 0 Å². The highest BCUT2D eigenvalue weighted by atomic mass is 16.3. The molecule has 0 amide bonds. The quantitative estimate of drug-likeness (QED) is 0.685. The van der Waals surface area contributed by atoms with Gasteiger partial charge in [0.1, 0.15) is 11.5 Å². The van der Waals surface area contributed by atoms with Gasteiger partial charge >= 0.3 is 0 Å². The van der Waals surface area contributed by atoms with E-state index in [4.69, 9.17) is 0 Å². The van der Waals surface area contributed by atoms with Crippen LogP contribution in [0.5, 0.6) is 11.5 Å². The Kier molecular flexibility index (Phi) is 2.62. The first-order valence-electron chi connectivity index (χ1n) is 3.60. The van der Waals surface area contributed by atoms with Gasteiger partial charge in [-0.3, -0.25) is 14.4 Å². The van der Waals surface area contributed by atoms with Crippen molar-refractivity contribution >= 4 is 18.9 Å². The minimum absolute atomic E-state index is 0.171. The number of hydrogen-bond donors (Lipinski definition) is 2. The number of aldehydes is 3. The van der Waals surface area contributed by atoms with Gasteiger partial charge in [0.25, 0.3) is 0 Å². The van der Waals surface area contributed by atoms with E-state index in [1.165, 1.54) is 0 Å². The lowest BCUT2D eigenvalue weighted by atomic mass is 10.0. The third-order valence-electron chi connectivity index (χ3n) is 1.74. The van der Waals surface area contributed by atoms with Crippen molar-refractivity contribution in [1.82, 2.24) is 0 Å². The third-order valence-corrected chi connectivity index (χ3v) is 1.74. The second-order valence-corrected chi connectivity index (χ2v) is 2.52. The molecule has 0 saturated heterocycles. The Morgan fingerprint density at radius 2 is 1.29 bits per heavy atom. The van der Waals surface area contributed by atoms with E-state index in [2.05, 4.69) is 0 Å². The fourth-order valence-electron chi connectivity index (χ4n) is 1.02. The average molecular weight is 194 g/mol. The van der Waals surface area contributed by atoms with Crippen LogP contribution in [-0.2, 0) is 0 Å². The SMILES string of the molecule is O=Cc1cc(C=O)c(O)c(C=O)c1O. The highest BCUT2D eigenvalue weighted by Crippen LogP contribution is 2.30. The van der Waals surface area contributed by atoms with E-state index in [-0.39, 0.29) is 30.0 Å². The van der Waals surface area contributed by atoms with Crippen LogP contribution in [0.25, 0.3) is 0 Å². The summed E-state index contributed by atoms with van der Waals surface area (Å²) in [5.41, 5.74) is -0.893. The highest BCUT2D eigenvalue weighted by Gasteiger charge is 2.15. The van der Waals surface area contributed by atoms with Crippen molar-refractivity contribution in [1.29, 1.82) is 0 Å². The van der Waals surface area contributed by atoms with Crippen LogP contribution in [0.2, 0.25) is 0 Å². The fourth-order valence-corrected chi connectivity index (χ4v) is 1.02. The van der Waals surface area contributed by atoms with Gasteiger partial charge in [-0.15, -0.1) is 0 Å². The van der Waals surface area contributed by atoms with E-state index >= 15 is 0 Å². The molecule has 0 radical (unpaired) electrons. The maximum atomic E-state index is 10.4. The summed E-state index contributed by atoms with van der Waals surface area (Å²) in [7, 11) is 0. The van der Waals surface area contributed by atoms with Gasteiger partial charge in [-0.25, -0.2) is 0 Å². The molecule has 0 aliphatic rings. The predicted octanol–water partition coefficient (Wildman–Crippen LogP) is 0.535. The molecule has 1 rings (SSSR count). The Bertz CT molecular complexity index is 376. The predicted molar refractivity (Wildman–Crippen MR) is 45.9 cm³/mol. The summed E-state index contributed by atoms with van der Waals surface area (Å²) in [4.78, 5) is 31.2. The van der Waals surface area contributed by atoms with Crippen molar-refractivity contribution in [2.24, 2.45) is 0 Å². The molecule has 1 aromatic carbocycles. The Morgan fingerprint density at radius 3 is 1.57 bits per heavy atom. The van der Waals surface area contributed by atoms with Crippen LogP contribution in [0, 0.1) is 0 Å². The Morgan fingerprint density at radius 1 is 0.857 bits per heavy atom. The number of hydrogen-bond acceptors (Lipinski definition) is 5. The van der Waals surface area contributed by atoms with Crippen LogP contribution in [0.4, 0.5) is 0 Å². The van der Waals surface area contributed by atoms with E-state index < -0.39 is 17.1 Å². The van der Waals surface area contributed by atoms with Crippen LogP contribution >= 0.6 is 0 Å². The number of rotatable bonds is 3. The van der Waals surface area contributed by atoms with Crippen molar-refractivity contribution in [3.05, 3.63) is 22.8 Å². The average Bonchev–Trinajstić information content (AvgIpc) is 2.19. The molecule has 2 N–H and O–H groups in total. The molecular formula is C9H6O5. The number of carbonyl (C=O) groups is 3. The standard InChI is InChI=1S/C9H6O5/c10-2-5-1-6(3-11)9(14)7(4-12)8(5)13/h1-4,13-14H. The second kappa shape index (κ2) is 3.69. The number of aromatic hydroxyl groups is 2. The lowest BCUT2D eigenvalue weighted by molar-refractivity contribution is 0.111. The van der Waals surface area contributed by atoms with Crippen LogP contribution in [0.15, 0.2) is 6.07 Å². The van der Waals surface area contributed by atoms with E-state index in [1.807, 2.05) is 0 Å². The van der Waals surface area contributed by atoms with Crippen molar-refractivity contribution in [3.63, 3.8) is 0 Å². The summed E-state index contributed by atoms with van der Waals surface area (Å²) in [5.74, 6) is -1.25. The van der Waals surface area contributed by atoms with Crippen LogP contribution in [0.1, 0.15) is 31.1 Å². The van der Waals surface area contributed by atoms with E-state index in [9.17, 15) is 24.6 Å². The molecule has 72 valence electrons. The molecule has 0 aliphatic carbocycles. The van der Waals surface area contributed by atoms with Crippen LogP contribution in [-0.4, -0.2) is 29.1 Å². The summed E-state index contributed by atoms with van der Waals surface area (Å²) in [5, 5.41) is 18.5. The second-order valence-electron chi connectivity index (χ2n) is 2.52. The van der Waals surface area contributed by atoms with E-state index in [0.29, 0.717) is 0 Å². The molecule has 0 unspecified atom stereocenters. The summed E-state index contributed by atoms with van der Waals surface area (Å²) in [6, 6.07) is 0.998. The van der Waals surface area contributed by atoms with Gasteiger partial charge in [0.15, 0.2) is 18.9 Å². The Balaban J connectivity index is 3.62. The molecule has 0 atom stereocenters. The van der Waals surface area contributed by atoms with Gasteiger partial charge in [-0.1, -0.05) is 0 Å². The molecule has 0 aliphatic heterocycles. The Labute approximate surface area is 78.6 Å². The topological polar surface area (TPSA) is 91.7 Å². The number of phenolic OH excluding ortho intramolecular Hbond substituents is 2. The fraction of sp³-hybridized carbons (Fsp3) is 0. The Hall–Kier alpha value is -2.17. The first kappa shape index (κ1) is 9.91. The molecule has 0 fully saturated rings. The number of carbonyl (C=O) groups excluding carboxylic acids is 3. The van der Waals surface area contributed by atoms with Gasteiger partial charge in [-0.2, -0.15) is 0 Å². The zero-order valence-electron chi connectivity index (χ0n) is 6.93. The van der Waals surface area contributed by atoms with Crippen LogP contribution < -0.4 is 0 Å². The first-order chi connectivity index (χ1) is 6.65. The summed E-state index contributed by atoms with van der Waals surface area (Å²) in [6.45, 7) is 0. The monoisotopic (exact) mass is 194 g/mol. The molecule has 0 aromatic heterocycles. The maximum absolute atomic E-state index is 10.4. The smallest absolute Gasteiger partial charge is 0.157 e. The summed E-state index contributed by atoms with van der Waals surface area (Å²) >= 11 is 0. The molecular weight excluding hydrogens is 188 g/mol. The lowest BCUT2D eigenvalue weighted by Crippen LogP contribution is -1.94. The maximum Gasteiger partial charge on any atom is 0.157 e. The number of phenols is 2. The molecule has 0 bridgehead atoms.